The molecule has 1 heterocycles. The van der Waals surface area contributed by atoms with Crippen LogP contribution in [0.3, 0.4) is 0 Å². The first kappa shape index (κ1) is 63.8. The molecule has 0 bridgehead atoms. The van der Waals surface area contributed by atoms with Crippen LogP contribution in [0.15, 0.2) is 328 Å². The van der Waals surface area contributed by atoms with Crippen molar-refractivity contribution >= 4 is 90.6 Å². The summed E-state index contributed by atoms with van der Waals surface area (Å²) in [4.78, 5) is 30.2. The van der Waals surface area contributed by atoms with Crippen molar-refractivity contribution < 1.29 is 14.3 Å². The van der Waals surface area contributed by atoms with E-state index in [1.165, 1.54) is 38.5 Å². The summed E-state index contributed by atoms with van der Waals surface area (Å²) >= 11 is 0. The van der Waals surface area contributed by atoms with Gasteiger partial charge in [-0.1, -0.05) is 217 Å². The van der Waals surface area contributed by atoms with Gasteiger partial charge >= 0.3 is 5.97 Å². The zero-order chi connectivity index (χ0) is 64.0. The summed E-state index contributed by atoms with van der Waals surface area (Å²) in [6.45, 7) is 12.8. The number of hydrogen-bond acceptors (Lipinski definition) is 6. The second-order valence-corrected chi connectivity index (χ2v) is 22.7. The number of anilines is 10. The number of fused-ring (bicyclic) bond motifs is 3. The second-order valence-electron chi connectivity index (χ2n) is 22.7. The monoisotopic (exact) mass is 1210 g/mol. The van der Waals surface area contributed by atoms with Crippen molar-refractivity contribution in [1.82, 2.24) is 4.57 Å². The zero-order valence-electron chi connectivity index (χ0n) is 53.3. The number of carbonyl (C=O) groups excluding carboxylic acids is 2. The number of aromatic nitrogens is 1. The predicted molar refractivity (Wildman–Crippen MR) is 387 cm³/mol. The zero-order valence-corrected chi connectivity index (χ0v) is 53.3. The van der Waals surface area contributed by atoms with Gasteiger partial charge in [0, 0.05) is 91.1 Å². The van der Waals surface area contributed by atoms with Gasteiger partial charge in [-0.3, -0.25) is 9.59 Å². The maximum Gasteiger partial charge on any atom is 0.313 e. The molecule has 0 fully saturated rings. The Morgan fingerprint density at radius 2 is 0.641 bits per heavy atom. The second kappa shape index (κ2) is 31.8. The molecular formula is C84H79N5O3. The molecule has 1 aromatic heterocycles. The fourth-order valence-electron chi connectivity index (χ4n) is 10.8. The van der Waals surface area contributed by atoms with Crippen molar-refractivity contribution in [3.8, 4) is 16.9 Å². The van der Waals surface area contributed by atoms with Crippen LogP contribution in [-0.2, 0) is 22.6 Å². The van der Waals surface area contributed by atoms with Crippen LogP contribution >= 0.6 is 0 Å². The Morgan fingerprint density at radius 3 is 0.957 bits per heavy atom. The summed E-state index contributed by atoms with van der Waals surface area (Å²) < 4.78 is 7.73. The minimum Gasteiger partial charge on any atom is -0.426 e. The first-order valence-corrected chi connectivity index (χ1v) is 31.7. The highest BCUT2D eigenvalue weighted by Crippen LogP contribution is 2.38. The molecule has 0 radical (unpaired) electrons. The molecule has 0 unspecified atom stereocenters. The molecule has 0 aliphatic heterocycles. The van der Waals surface area contributed by atoms with E-state index in [-0.39, 0.29) is 23.7 Å². The van der Waals surface area contributed by atoms with Gasteiger partial charge in [-0.25, -0.2) is 0 Å². The lowest BCUT2D eigenvalue weighted by Crippen LogP contribution is -2.17. The van der Waals surface area contributed by atoms with Gasteiger partial charge < -0.3 is 29.3 Å². The molecule has 0 aliphatic rings. The van der Waals surface area contributed by atoms with Gasteiger partial charge in [0.25, 0.3) is 0 Å². The number of benzene rings is 12. The number of esters is 1. The van der Waals surface area contributed by atoms with Gasteiger partial charge in [0.05, 0.1) is 5.92 Å². The van der Waals surface area contributed by atoms with Crippen LogP contribution in [0.5, 0.6) is 5.75 Å². The van der Waals surface area contributed by atoms with Crippen LogP contribution in [0.25, 0.3) is 32.9 Å². The molecule has 13 rings (SSSR count). The number of nitrogens with zero attached hydrogens (tertiary/aromatic N) is 4. The lowest BCUT2D eigenvalue weighted by atomic mass is 10.0. The minimum atomic E-state index is -0.226. The first-order chi connectivity index (χ1) is 45.1. The molecule has 0 saturated carbocycles. The molecule has 0 atom stereocenters. The number of carbonyl (C=O) groups is 2. The summed E-state index contributed by atoms with van der Waals surface area (Å²) in [5.41, 5.74) is 17.2. The lowest BCUT2D eigenvalue weighted by Gasteiger charge is -2.25. The Labute approximate surface area is 542 Å². The SMILES string of the molecule is CC(C)C(=O)Nc1ccc(N(c2ccccc2)c2ccccc2)cc1.CC(C)C(=O)Oc1ccc(N(c2ccccc2)c2ccccc2)cc1.CCc1ccc(-c2ccc(N(c3ccccc3)c3ccccc3)cc2)cc1.CCn1c2ccccc2c2ccccc21. The predicted octanol–water partition coefficient (Wildman–Crippen LogP) is 22.7. The molecule has 1 N–H and O–H groups in total. The molecule has 458 valence electrons. The van der Waals surface area contributed by atoms with Gasteiger partial charge in [-0.05, 0) is 176 Å². The van der Waals surface area contributed by atoms with Crippen LogP contribution in [0.4, 0.5) is 56.9 Å². The number of nitrogens with one attached hydrogen (secondary N) is 1. The first-order valence-electron chi connectivity index (χ1n) is 31.7. The van der Waals surface area contributed by atoms with E-state index < -0.39 is 0 Å². The van der Waals surface area contributed by atoms with Gasteiger partial charge in [0.2, 0.25) is 5.91 Å². The normalized spacial score (nSPS) is 10.7. The van der Waals surface area contributed by atoms with Gasteiger partial charge in [-0.15, -0.1) is 0 Å². The summed E-state index contributed by atoms with van der Waals surface area (Å²) in [6, 6.07) is 112. The van der Waals surface area contributed by atoms with Gasteiger partial charge in [0.1, 0.15) is 5.75 Å². The highest BCUT2D eigenvalue weighted by Gasteiger charge is 2.17. The number of ether oxygens (including phenoxy) is 1. The third-order valence-corrected chi connectivity index (χ3v) is 15.6. The van der Waals surface area contributed by atoms with Crippen molar-refractivity contribution in [1.29, 1.82) is 0 Å². The van der Waals surface area contributed by atoms with Crippen LogP contribution in [-0.4, -0.2) is 16.4 Å². The fraction of sp³-hybridized carbons (Fsp3) is 0.119. The highest BCUT2D eigenvalue weighted by atomic mass is 16.5. The van der Waals surface area contributed by atoms with Crippen molar-refractivity contribution in [3.05, 3.63) is 333 Å². The van der Waals surface area contributed by atoms with Gasteiger partial charge in [0.15, 0.2) is 0 Å². The topological polar surface area (TPSA) is 70.1 Å². The van der Waals surface area contributed by atoms with E-state index in [0.29, 0.717) is 5.75 Å². The smallest absolute Gasteiger partial charge is 0.313 e. The molecule has 8 nitrogen and oxygen atoms in total. The molecule has 92 heavy (non-hydrogen) atoms. The number of hydrogen-bond donors (Lipinski definition) is 1. The Balaban J connectivity index is 0.000000137. The van der Waals surface area contributed by atoms with Crippen LogP contribution < -0.4 is 24.8 Å². The molecular weight excluding hydrogens is 1130 g/mol. The third kappa shape index (κ3) is 16.3. The highest BCUT2D eigenvalue weighted by molar-refractivity contribution is 6.08. The third-order valence-electron chi connectivity index (χ3n) is 15.6. The van der Waals surface area contributed by atoms with E-state index in [9.17, 15) is 9.59 Å². The van der Waals surface area contributed by atoms with E-state index in [1.807, 2.05) is 149 Å². The fourth-order valence-corrected chi connectivity index (χ4v) is 10.8. The Bertz CT molecular complexity index is 4040. The van der Waals surface area contributed by atoms with Gasteiger partial charge in [-0.2, -0.15) is 0 Å². The quantitative estimate of drug-likeness (QED) is 0.0768. The number of rotatable bonds is 16. The van der Waals surface area contributed by atoms with Crippen molar-refractivity contribution in [2.45, 2.75) is 54.5 Å². The summed E-state index contributed by atoms with van der Waals surface area (Å²) in [6.07, 6.45) is 1.07. The average molecular weight is 1210 g/mol. The van der Waals surface area contributed by atoms with Crippen molar-refractivity contribution in [2.24, 2.45) is 11.8 Å². The van der Waals surface area contributed by atoms with E-state index in [2.05, 4.69) is 245 Å². The maximum absolute atomic E-state index is 11.9. The molecule has 0 saturated heterocycles. The summed E-state index contributed by atoms with van der Waals surface area (Å²) in [7, 11) is 0. The largest absolute Gasteiger partial charge is 0.426 e. The summed E-state index contributed by atoms with van der Waals surface area (Å²) in [5.74, 6) is 0.171. The average Bonchev–Trinajstić information content (AvgIpc) is 1.61. The van der Waals surface area contributed by atoms with E-state index >= 15 is 0 Å². The molecule has 13 aromatic rings. The minimum absolute atomic E-state index is 0.0238. The maximum atomic E-state index is 11.9. The molecule has 12 aromatic carbocycles. The Kier molecular flexibility index (Phi) is 22.0. The van der Waals surface area contributed by atoms with Crippen LogP contribution in [0.1, 0.15) is 47.1 Å². The molecule has 1 amide bonds. The molecule has 0 aliphatic carbocycles. The number of amides is 1. The molecule has 8 heteroatoms. The van der Waals surface area contributed by atoms with Crippen molar-refractivity contribution in [3.63, 3.8) is 0 Å². The number of aryl methyl sites for hydroxylation is 2. The van der Waals surface area contributed by atoms with E-state index in [0.717, 1.165) is 69.8 Å². The number of para-hydroxylation sites is 8. The van der Waals surface area contributed by atoms with E-state index in [1.54, 1.807) is 0 Å². The van der Waals surface area contributed by atoms with Crippen LogP contribution in [0, 0.1) is 11.8 Å². The van der Waals surface area contributed by atoms with E-state index in [4.69, 9.17) is 4.74 Å². The standard InChI is InChI=1S/C26H23N.C22H22N2O.C22H21NO2.C14H13N/c1-2-21-13-15-22(16-14-21)23-17-19-26(20-18-23)27(24-9-5-3-6-10-24)25-11-7-4-8-12-25;1-17(2)22(25)23-18-13-15-21(16-14-18)24(19-9-5-3-6-10-19)20-11-7-4-8-12-20;1-17(2)22(24)25-21-15-13-20(14-16-21)23(18-9-5-3-6-10-18)19-11-7-4-8-12-19;1-2-15-13-9-5-3-7-11(13)12-8-4-6-10-14(12)15/h3-20H,2H2,1H3;3-17H,1-2H3,(H,23,25);3-17H,1-2H3;3-10H,2H2,1H3. The van der Waals surface area contributed by atoms with Crippen molar-refractivity contribution in [2.75, 3.05) is 20.0 Å². The van der Waals surface area contributed by atoms with Crippen LogP contribution in [0.2, 0.25) is 0 Å². The lowest BCUT2D eigenvalue weighted by molar-refractivity contribution is -0.137. The molecule has 0 spiro atoms. The Hall–Kier alpha value is -11.2. The Morgan fingerprint density at radius 1 is 0.348 bits per heavy atom. The summed E-state index contributed by atoms with van der Waals surface area (Å²) in [5, 5.41) is 5.64.